The number of carbonyl (C=O) groups excluding carboxylic acids is 1. The largest absolute Gasteiger partial charge is 0.457 e. The van der Waals surface area contributed by atoms with Crippen LogP contribution in [-0.2, 0) is 15.9 Å². The van der Waals surface area contributed by atoms with Crippen molar-refractivity contribution in [2.45, 2.75) is 32.8 Å². The summed E-state index contributed by atoms with van der Waals surface area (Å²) in [6.45, 7) is 5.81. The number of hydrogen-bond donors (Lipinski definition) is 1. The van der Waals surface area contributed by atoms with Crippen LogP contribution in [0.15, 0.2) is 18.2 Å². The molecule has 104 valence electrons. The molecule has 1 unspecified atom stereocenters. The standard InChI is InChI=1S/C15H21NO3/c1-3-18-10-11(2)19-15(17)13-6-4-8-14-12(13)7-5-9-16-14/h4,6,8,11,16H,3,5,7,9-10H2,1-2H3. The Morgan fingerprint density at radius 3 is 3.11 bits per heavy atom. The van der Waals surface area contributed by atoms with E-state index in [2.05, 4.69) is 5.32 Å². The first kappa shape index (κ1) is 13.9. The lowest BCUT2D eigenvalue weighted by molar-refractivity contribution is 0.00430. The highest BCUT2D eigenvalue weighted by molar-refractivity contribution is 5.93. The van der Waals surface area contributed by atoms with Gasteiger partial charge in [-0.05, 0) is 44.4 Å². The third kappa shape index (κ3) is 3.47. The topological polar surface area (TPSA) is 47.6 Å². The Morgan fingerprint density at radius 2 is 2.32 bits per heavy atom. The molecule has 0 aromatic heterocycles. The summed E-state index contributed by atoms with van der Waals surface area (Å²) in [4.78, 5) is 12.2. The van der Waals surface area contributed by atoms with E-state index in [-0.39, 0.29) is 12.1 Å². The Kier molecular flexibility index (Phi) is 4.80. The first-order valence-corrected chi connectivity index (χ1v) is 6.87. The minimum absolute atomic E-state index is 0.222. The maximum absolute atomic E-state index is 12.2. The Balaban J connectivity index is 2.07. The Bertz CT molecular complexity index is 445. The average molecular weight is 263 g/mol. The minimum Gasteiger partial charge on any atom is -0.457 e. The van der Waals surface area contributed by atoms with E-state index in [0.29, 0.717) is 18.8 Å². The first-order chi connectivity index (χ1) is 9.22. The van der Waals surface area contributed by atoms with Crippen LogP contribution < -0.4 is 5.32 Å². The van der Waals surface area contributed by atoms with Crippen molar-refractivity contribution in [3.63, 3.8) is 0 Å². The van der Waals surface area contributed by atoms with Crippen LogP contribution in [0.5, 0.6) is 0 Å². The van der Waals surface area contributed by atoms with Gasteiger partial charge < -0.3 is 14.8 Å². The van der Waals surface area contributed by atoms with E-state index in [1.807, 2.05) is 32.0 Å². The summed E-state index contributed by atoms with van der Waals surface area (Å²) in [7, 11) is 0. The molecule has 0 spiro atoms. The maximum atomic E-state index is 12.2. The summed E-state index contributed by atoms with van der Waals surface area (Å²) in [6.07, 6.45) is 1.75. The lowest BCUT2D eigenvalue weighted by Gasteiger charge is -2.21. The van der Waals surface area contributed by atoms with Crippen LogP contribution in [0.3, 0.4) is 0 Å². The quantitative estimate of drug-likeness (QED) is 0.830. The van der Waals surface area contributed by atoms with Crippen LogP contribution in [0.2, 0.25) is 0 Å². The number of ether oxygens (including phenoxy) is 2. The second-order valence-electron chi connectivity index (χ2n) is 4.74. The number of esters is 1. The lowest BCUT2D eigenvalue weighted by Crippen LogP contribution is -2.22. The van der Waals surface area contributed by atoms with Crippen LogP contribution in [-0.4, -0.2) is 31.8 Å². The molecule has 0 saturated heterocycles. The fourth-order valence-corrected chi connectivity index (χ4v) is 2.27. The van der Waals surface area contributed by atoms with Crippen molar-refractivity contribution < 1.29 is 14.3 Å². The van der Waals surface area contributed by atoms with Gasteiger partial charge in [-0.25, -0.2) is 4.79 Å². The highest BCUT2D eigenvalue weighted by Gasteiger charge is 2.19. The molecular formula is C15H21NO3. The molecule has 4 heteroatoms. The minimum atomic E-state index is -0.257. The van der Waals surface area contributed by atoms with E-state index in [1.165, 1.54) is 0 Å². The molecule has 1 atom stereocenters. The number of anilines is 1. The second kappa shape index (κ2) is 6.57. The Hall–Kier alpha value is -1.55. The predicted octanol–water partition coefficient (Wildman–Crippen LogP) is 2.63. The third-order valence-electron chi connectivity index (χ3n) is 3.18. The van der Waals surface area contributed by atoms with E-state index in [9.17, 15) is 4.79 Å². The van der Waals surface area contributed by atoms with Crippen LogP contribution in [0.25, 0.3) is 0 Å². The van der Waals surface area contributed by atoms with Crippen LogP contribution in [0, 0.1) is 0 Å². The number of rotatable bonds is 5. The highest BCUT2D eigenvalue weighted by atomic mass is 16.6. The van der Waals surface area contributed by atoms with Crippen LogP contribution in [0.1, 0.15) is 36.2 Å². The van der Waals surface area contributed by atoms with Gasteiger partial charge in [-0.2, -0.15) is 0 Å². The van der Waals surface area contributed by atoms with E-state index >= 15 is 0 Å². The van der Waals surface area contributed by atoms with Gasteiger partial charge in [0.2, 0.25) is 0 Å². The fourth-order valence-electron chi connectivity index (χ4n) is 2.27. The molecule has 0 bridgehead atoms. The predicted molar refractivity (Wildman–Crippen MR) is 74.6 cm³/mol. The molecule has 0 amide bonds. The van der Waals surface area contributed by atoms with Crippen molar-refractivity contribution in [3.8, 4) is 0 Å². The zero-order valence-electron chi connectivity index (χ0n) is 11.6. The normalized spacial score (nSPS) is 15.3. The van der Waals surface area contributed by atoms with Crippen LogP contribution >= 0.6 is 0 Å². The SMILES string of the molecule is CCOCC(C)OC(=O)c1cccc2c1CCCN2. The van der Waals surface area contributed by atoms with Crippen molar-refractivity contribution in [1.29, 1.82) is 0 Å². The van der Waals surface area contributed by atoms with Gasteiger partial charge in [0.25, 0.3) is 0 Å². The number of benzene rings is 1. The molecule has 19 heavy (non-hydrogen) atoms. The molecule has 0 radical (unpaired) electrons. The van der Waals surface area contributed by atoms with Gasteiger partial charge in [-0.15, -0.1) is 0 Å². The zero-order chi connectivity index (χ0) is 13.7. The van der Waals surface area contributed by atoms with Crippen molar-refractivity contribution in [3.05, 3.63) is 29.3 Å². The molecule has 1 N–H and O–H groups in total. The molecular weight excluding hydrogens is 242 g/mol. The Labute approximate surface area is 114 Å². The molecule has 1 aliphatic heterocycles. The fraction of sp³-hybridized carbons (Fsp3) is 0.533. The van der Waals surface area contributed by atoms with Gasteiger partial charge in [-0.1, -0.05) is 6.07 Å². The number of carbonyl (C=O) groups is 1. The maximum Gasteiger partial charge on any atom is 0.338 e. The summed E-state index contributed by atoms with van der Waals surface area (Å²) in [5, 5.41) is 3.31. The van der Waals surface area contributed by atoms with E-state index in [4.69, 9.17) is 9.47 Å². The second-order valence-corrected chi connectivity index (χ2v) is 4.74. The molecule has 4 nitrogen and oxygen atoms in total. The third-order valence-corrected chi connectivity index (χ3v) is 3.18. The van der Waals surface area contributed by atoms with E-state index in [0.717, 1.165) is 30.6 Å². The van der Waals surface area contributed by atoms with Crippen molar-refractivity contribution in [2.75, 3.05) is 25.1 Å². The van der Waals surface area contributed by atoms with Gasteiger partial charge in [0, 0.05) is 18.8 Å². The van der Waals surface area contributed by atoms with Crippen molar-refractivity contribution >= 4 is 11.7 Å². The highest BCUT2D eigenvalue weighted by Crippen LogP contribution is 2.26. The lowest BCUT2D eigenvalue weighted by atomic mass is 9.98. The summed E-state index contributed by atoms with van der Waals surface area (Å²) in [5.74, 6) is -0.257. The number of fused-ring (bicyclic) bond motifs is 1. The summed E-state index contributed by atoms with van der Waals surface area (Å²) >= 11 is 0. The van der Waals surface area contributed by atoms with Gasteiger partial charge in [-0.3, -0.25) is 0 Å². The number of nitrogens with one attached hydrogen (secondary N) is 1. The molecule has 0 aliphatic carbocycles. The monoisotopic (exact) mass is 263 g/mol. The summed E-state index contributed by atoms with van der Waals surface area (Å²) < 4.78 is 10.7. The summed E-state index contributed by atoms with van der Waals surface area (Å²) in [6, 6.07) is 5.73. The van der Waals surface area contributed by atoms with Gasteiger partial charge in [0.05, 0.1) is 12.2 Å². The zero-order valence-corrected chi connectivity index (χ0v) is 11.6. The molecule has 1 aliphatic rings. The molecule has 1 aromatic rings. The van der Waals surface area contributed by atoms with Gasteiger partial charge in [0.1, 0.15) is 6.10 Å². The average Bonchev–Trinajstić information content (AvgIpc) is 2.44. The van der Waals surface area contributed by atoms with Gasteiger partial charge in [0.15, 0.2) is 0 Å². The summed E-state index contributed by atoms with van der Waals surface area (Å²) in [5.41, 5.74) is 2.80. The van der Waals surface area contributed by atoms with Crippen molar-refractivity contribution in [2.24, 2.45) is 0 Å². The van der Waals surface area contributed by atoms with Crippen molar-refractivity contribution in [1.82, 2.24) is 0 Å². The van der Waals surface area contributed by atoms with Crippen LogP contribution in [0.4, 0.5) is 5.69 Å². The molecule has 1 aromatic carbocycles. The number of hydrogen-bond acceptors (Lipinski definition) is 4. The Morgan fingerprint density at radius 1 is 1.47 bits per heavy atom. The molecule has 2 rings (SSSR count). The molecule has 0 saturated carbocycles. The van der Waals surface area contributed by atoms with E-state index < -0.39 is 0 Å². The molecule has 1 heterocycles. The van der Waals surface area contributed by atoms with Gasteiger partial charge >= 0.3 is 5.97 Å². The van der Waals surface area contributed by atoms with E-state index in [1.54, 1.807) is 0 Å². The molecule has 0 fully saturated rings. The first-order valence-electron chi connectivity index (χ1n) is 6.87. The smallest absolute Gasteiger partial charge is 0.338 e.